The van der Waals surface area contributed by atoms with Gasteiger partial charge in [-0.1, -0.05) is 31.0 Å². The van der Waals surface area contributed by atoms with Crippen molar-refractivity contribution in [3.8, 4) is 11.5 Å². The van der Waals surface area contributed by atoms with Gasteiger partial charge in [-0.2, -0.15) is 0 Å². The molecule has 9 nitrogen and oxygen atoms in total. The van der Waals surface area contributed by atoms with Crippen LogP contribution in [0, 0.1) is 10.8 Å². The quantitative estimate of drug-likeness (QED) is 0.232. The Kier molecular flexibility index (Phi) is 8.16. The number of para-hydroxylation sites is 1. The summed E-state index contributed by atoms with van der Waals surface area (Å²) in [7, 11) is 0. The molecule has 2 aromatic carbocycles. The number of rotatable bonds is 9. The molecule has 40 heavy (non-hydrogen) atoms. The maximum absolute atomic E-state index is 13.3. The number of nitrogens with one attached hydrogen (secondary N) is 3. The molecule has 0 radical (unpaired) electrons. The van der Waals surface area contributed by atoms with Gasteiger partial charge in [0.1, 0.15) is 23.4 Å². The van der Waals surface area contributed by atoms with Gasteiger partial charge in [-0.25, -0.2) is 0 Å². The van der Waals surface area contributed by atoms with Crippen LogP contribution in [0.1, 0.15) is 52.9 Å². The Labute approximate surface area is 237 Å². The van der Waals surface area contributed by atoms with E-state index in [1.807, 2.05) is 30.3 Å². The average molecular weight is 560 g/mol. The number of nitrogen functional groups attached to an aromatic ring is 1. The zero-order valence-corrected chi connectivity index (χ0v) is 23.0. The second kappa shape index (κ2) is 11.9. The number of carbonyl (C=O) groups is 3. The molecule has 1 saturated heterocycles. The molecule has 0 bridgehead atoms. The van der Waals surface area contributed by atoms with Crippen LogP contribution in [-0.4, -0.2) is 47.6 Å². The molecule has 3 aromatic rings. The second-order valence-electron chi connectivity index (χ2n) is 10.5. The second-order valence-corrected chi connectivity index (χ2v) is 11.5. The third-order valence-corrected chi connectivity index (χ3v) is 8.63. The molecular formula is C30H33N5O4S. The molecule has 5 rings (SSSR count). The minimum absolute atomic E-state index is 0.0110. The Hall–Kier alpha value is -4.18. The topological polar surface area (TPSA) is 138 Å². The largest absolute Gasteiger partial charge is 0.457 e. The fourth-order valence-corrected chi connectivity index (χ4v) is 6.43. The van der Waals surface area contributed by atoms with Gasteiger partial charge in [-0.05, 0) is 67.1 Å². The molecule has 2 heterocycles. The fourth-order valence-electron chi connectivity index (χ4n) is 5.61. The van der Waals surface area contributed by atoms with E-state index in [-0.39, 0.29) is 35.5 Å². The lowest BCUT2D eigenvalue weighted by molar-refractivity contribution is -0.137. The molecule has 208 valence electrons. The number of ether oxygens (including phenoxy) is 1. The Morgan fingerprint density at radius 3 is 2.38 bits per heavy atom. The summed E-state index contributed by atoms with van der Waals surface area (Å²) in [6, 6.07) is 17.3. The first kappa shape index (κ1) is 27.4. The van der Waals surface area contributed by atoms with Crippen molar-refractivity contribution >= 4 is 34.9 Å². The molecule has 3 amide bonds. The fraction of sp³-hybridized carbons (Fsp3) is 0.333. The number of nitrogens with two attached hydrogens (primary N) is 1. The Bertz CT molecular complexity index is 1380. The van der Waals surface area contributed by atoms with Crippen molar-refractivity contribution < 1.29 is 19.1 Å². The molecule has 5 N–H and O–H groups in total. The minimum Gasteiger partial charge on any atom is -0.457 e. The van der Waals surface area contributed by atoms with Crippen LogP contribution < -0.4 is 21.1 Å². The smallest absolute Gasteiger partial charge is 0.251 e. The van der Waals surface area contributed by atoms with E-state index in [4.69, 9.17) is 15.9 Å². The molecule has 1 saturated carbocycles. The molecular weight excluding hydrogens is 526 g/mol. The van der Waals surface area contributed by atoms with Crippen LogP contribution in [0.2, 0.25) is 0 Å². The number of carbonyl (C=O) groups excluding carboxylic acids is 3. The summed E-state index contributed by atoms with van der Waals surface area (Å²) in [4.78, 5) is 41.9. The maximum Gasteiger partial charge on any atom is 0.251 e. The zero-order chi connectivity index (χ0) is 28.1. The Balaban J connectivity index is 1.18. The van der Waals surface area contributed by atoms with Crippen LogP contribution in [0.25, 0.3) is 0 Å². The predicted molar refractivity (Wildman–Crippen MR) is 153 cm³/mol. The zero-order valence-electron chi connectivity index (χ0n) is 22.2. The van der Waals surface area contributed by atoms with Crippen molar-refractivity contribution in [1.82, 2.24) is 15.5 Å². The third kappa shape index (κ3) is 6.34. The van der Waals surface area contributed by atoms with Crippen molar-refractivity contribution in [2.45, 2.75) is 44.7 Å². The van der Waals surface area contributed by atoms with Gasteiger partial charge < -0.3 is 26.0 Å². The molecule has 2 aliphatic rings. The summed E-state index contributed by atoms with van der Waals surface area (Å²) in [5.74, 6) is 0.460. The lowest BCUT2D eigenvalue weighted by atomic mass is 9.84. The van der Waals surface area contributed by atoms with Gasteiger partial charge in [-0.15, -0.1) is 11.3 Å². The molecule has 1 atom stereocenters. The van der Waals surface area contributed by atoms with E-state index in [1.165, 1.54) is 11.3 Å². The van der Waals surface area contributed by atoms with Crippen molar-refractivity contribution in [3.63, 3.8) is 0 Å². The standard InChI is InChI=1S/C30H33N5O4S/c31-27(32)21-14-24(40-18-21)16-33-29(38)25-15-30(12-4-5-13-30)19-35(25)26(36)17-34-28(37)20-8-10-23(11-9-20)39-22-6-2-1-3-7-22/h1-3,6-11,14,18,25H,4-5,12-13,15-17,19H2,(H3,31,32)(H,33,38)(H,34,37). The van der Waals surface area contributed by atoms with Crippen molar-refractivity contribution in [2.24, 2.45) is 11.1 Å². The summed E-state index contributed by atoms with van der Waals surface area (Å²) < 4.78 is 5.77. The lowest BCUT2D eigenvalue weighted by Gasteiger charge is -2.25. The van der Waals surface area contributed by atoms with Gasteiger partial charge in [0.05, 0.1) is 13.1 Å². The first-order chi connectivity index (χ1) is 19.3. The van der Waals surface area contributed by atoms with Crippen molar-refractivity contribution in [1.29, 1.82) is 5.41 Å². The van der Waals surface area contributed by atoms with E-state index in [1.54, 1.807) is 40.6 Å². The van der Waals surface area contributed by atoms with Crippen LogP contribution in [-0.2, 0) is 16.1 Å². The van der Waals surface area contributed by atoms with E-state index < -0.39 is 6.04 Å². The number of amidine groups is 1. The van der Waals surface area contributed by atoms with Crippen molar-refractivity contribution in [2.75, 3.05) is 13.1 Å². The molecule has 1 aliphatic carbocycles. The summed E-state index contributed by atoms with van der Waals surface area (Å²) in [5, 5.41) is 15.0. The Morgan fingerprint density at radius 1 is 1.00 bits per heavy atom. The maximum atomic E-state index is 13.3. The third-order valence-electron chi connectivity index (χ3n) is 7.69. The van der Waals surface area contributed by atoms with Gasteiger partial charge in [0.25, 0.3) is 5.91 Å². The van der Waals surface area contributed by atoms with E-state index in [9.17, 15) is 14.4 Å². The number of benzene rings is 2. The van der Waals surface area contributed by atoms with Gasteiger partial charge in [-0.3, -0.25) is 19.8 Å². The van der Waals surface area contributed by atoms with E-state index in [2.05, 4.69) is 10.6 Å². The Morgan fingerprint density at radius 2 is 1.70 bits per heavy atom. The minimum atomic E-state index is -0.579. The first-order valence-electron chi connectivity index (χ1n) is 13.4. The molecule has 1 spiro atoms. The lowest BCUT2D eigenvalue weighted by Crippen LogP contribution is -2.48. The summed E-state index contributed by atoms with van der Waals surface area (Å²) in [6.45, 7) is 0.648. The first-order valence-corrected chi connectivity index (χ1v) is 14.3. The molecule has 1 aromatic heterocycles. The number of thiophene rings is 1. The van der Waals surface area contributed by atoms with Gasteiger partial charge in [0.2, 0.25) is 11.8 Å². The van der Waals surface area contributed by atoms with Gasteiger partial charge in [0.15, 0.2) is 0 Å². The molecule has 10 heteroatoms. The number of hydrogen-bond acceptors (Lipinski definition) is 6. The average Bonchev–Trinajstić information content (AvgIpc) is 3.72. The highest BCUT2D eigenvalue weighted by molar-refractivity contribution is 7.10. The summed E-state index contributed by atoms with van der Waals surface area (Å²) in [6.07, 6.45) is 4.82. The number of amides is 3. The highest BCUT2D eigenvalue weighted by atomic mass is 32.1. The van der Waals surface area contributed by atoms with Gasteiger partial charge in [0, 0.05) is 27.9 Å². The number of nitrogens with zero attached hydrogens (tertiary/aromatic N) is 1. The van der Waals surface area contributed by atoms with E-state index >= 15 is 0 Å². The summed E-state index contributed by atoms with van der Waals surface area (Å²) >= 11 is 1.43. The van der Waals surface area contributed by atoms with Crippen LogP contribution in [0.4, 0.5) is 0 Å². The van der Waals surface area contributed by atoms with Crippen molar-refractivity contribution in [3.05, 3.63) is 82.0 Å². The van der Waals surface area contributed by atoms with Crippen LogP contribution in [0.5, 0.6) is 11.5 Å². The number of hydrogen-bond donors (Lipinski definition) is 4. The number of likely N-dealkylation sites (tertiary alicyclic amines) is 1. The SMILES string of the molecule is N=C(N)c1csc(CNC(=O)C2CC3(CCCC3)CN2C(=O)CNC(=O)c2ccc(Oc3ccccc3)cc2)c1. The van der Waals surface area contributed by atoms with Gasteiger partial charge >= 0.3 is 0 Å². The normalized spacial score (nSPS) is 17.5. The van der Waals surface area contributed by atoms with E-state index in [0.717, 1.165) is 30.6 Å². The van der Waals surface area contributed by atoms with Crippen LogP contribution in [0.3, 0.4) is 0 Å². The monoisotopic (exact) mass is 559 g/mol. The molecule has 1 aliphatic heterocycles. The highest BCUT2D eigenvalue weighted by Gasteiger charge is 2.49. The summed E-state index contributed by atoms with van der Waals surface area (Å²) in [5.41, 5.74) is 6.55. The van der Waals surface area contributed by atoms with Crippen LogP contribution in [0.15, 0.2) is 66.0 Å². The van der Waals surface area contributed by atoms with E-state index in [0.29, 0.717) is 42.1 Å². The highest BCUT2D eigenvalue weighted by Crippen LogP contribution is 2.47. The molecule has 2 fully saturated rings. The predicted octanol–water partition coefficient (Wildman–Crippen LogP) is 4.03. The van der Waals surface area contributed by atoms with Crippen LogP contribution >= 0.6 is 11.3 Å². The molecule has 1 unspecified atom stereocenters.